The summed E-state index contributed by atoms with van der Waals surface area (Å²) in [4.78, 5) is -0.913. The Morgan fingerprint density at radius 1 is 0.935 bits per heavy atom. The second-order valence-electron chi connectivity index (χ2n) is 6.18. The molecule has 0 saturated heterocycles. The first-order valence-corrected chi connectivity index (χ1v) is 10.3. The zero-order valence-corrected chi connectivity index (χ0v) is 17.2. The van der Waals surface area contributed by atoms with E-state index in [4.69, 9.17) is 5.14 Å². The molecule has 2 aromatic carbocycles. The summed E-state index contributed by atoms with van der Waals surface area (Å²) in [7, 11) is -4.45. The van der Waals surface area contributed by atoms with E-state index in [-0.39, 0.29) is 15.7 Å². The summed E-state index contributed by atoms with van der Waals surface area (Å²) in [5.41, 5.74) is -3.70. The second kappa shape index (κ2) is 7.60. The van der Waals surface area contributed by atoms with E-state index in [1.54, 1.807) is 0 Å². The van der Waals surface area contributed by atoms with Crippen molar-refractivity contribution < 1.29 is 39.2 Å². The molecule has 0 atom stereocenters. The van der Waals surface area contributed by atoms with Gasteiger partial charge in [-0.2, -0.15) is 31.4 Å². The Morgan fingerprint density at radius 2 is 1.58 bits per heavy atom. The molecule has 31 heavy (non-hydrogen) atoms. The Bertz CT molecular complexity index is 1270. The van der Waals surface area contributed by atoms with Crippen LogP contribution < -0.4 is 5.14 Å². The van der Waals surface area contributed by atoms with E-state index >= 15 is 0 Å². The first kappa shape index (κ1) is 23.2. The summed E-state index contributed by atoms with van der Waals surface area (Å²) in [5.74, 6) is -1.37. The highest BCUT2D eigenvalue weighted by Gasteiger charge is 2.37. The van der Waals surface area contributed by atoms with Gasteiger partial charge in [0.05, 0.1) is 16.9 Å². The number of alkyl halides is 6. The molecule has 14 heteroatoms. The lowest BCUT2D eigenvalue weighted by Gasteiger charge is -2.13. The van der Waals surface area contributed by atoms with Crippen molar-refractivity contribution in [2.24, 2.45) is 5.14 Å². The van der Waals surface area contributed by atoms with E-state index in [1.807, 2.05) is 0 Å². The highest BCUT2D eigenvalue weighted by atomic mass is 79.9. The summed E-state index contributed by atoms with van der Waals surface area (Å²) in [6, 6.07) is 5.39. The third kappa shape index (κ3) is 4.75. The van der Waals surface area contributed by atoms with Crippen LogP contribution in [0.15, 0.2) is 51.8 Å². The van der Waals surface area contributed by atoms with Gasteiger partial charge in [-0.1, -0.05) is 22.0 Å². The smallest absolute Gasteiger partial charge is 0.232 e. The standard InChI is InChI=1S/C17H9BrF7N3O2S/c18-11-3-1-8(5-10(11)16(20,21)22)13-7-15(17(23,24)25)27-28(13)9-2-4-14(12(19)6-9)31(26,29)30/h1-7H,(H2,26,29,30). The van der Waals surface area contributed by atoms with Gasteiger partial charge in [0.2, 0.25) is 10.0 Å². The van der Waals surface area contributed by atoms with Crippen LogP contribution in [0.3, 0.4) is 0 Å². The average molecular weight is 532 g/mol. The molecule has 0 fully saturated rings. The number of hydrogen-bond donors (Lipinski definition) is 1. The Labute approximate surface area is 178 Å². The van der Waals surface area contributed by atoms with Crippen molar-refractivity contribution in [2.75, 3.05) is 0 Å². The summed E-state index contributed by atoms with van der Waals surface area (Å²) in [5, 5.41) is 8.18. The van der Waals surface area contributed by atoms with Gasteiger partial charge < -0.3 is 0 Å². The largest absolute Gasteiger partial charge is 0.435 e. The zero-order chi connectivity index (χ0) is 23.4. The molecule has 0 aliphatic heterocycles. The summed E-state index contributed by atoms with van der Waals surface area (Å²) in [6.45, 7) is 0. The minimum absolute atomic E-state index is 0.297. The molecular weight excluding hydrogens is 523 g/mol. The molecule has 0 amide bonds. The molecule has 3 rings (SSSR count). The molecule has 0 radical (unpaired) electrons. The van der Waals surface area contributed by atoms with E-state index in [0.717, 1.165) is 18.2 Å². The molecule has 2 N–H and O–H groups in total. The lowest BCUT2D eigenvalue weighted by molar-refractivity contribution is -0.141. The first-order chi connectivity index (χ1) is 14.1. The predicted molar refractivity (Wildman–Crippen MR) is 98.0 cm³/mol. The highest BCUT2D eigenvalue weighted by Crippen LogP contribution is 2.39. The molecule has 3 aromatic rings. The van der Waals surface area contributed by atoms with Gasteiger partial charge in [0.15, 0.2) is 5.69 Å². The first-order valence-electron chi connectivity index (χ1n) is 7.96. The second-order valence-corrected chi connectivity index (χ2v) is 8.56. The summed E-state index contributed by atoms with van der Waals surface area (Å²) < 4.78 is 116. The molecule has 5 nitrogen and oxygen atoms in total. The van der Waals surface area contributed by atoms with Crippen LogP contribution in [0.1, 0.15) is 11.3 Å². The van der Waals surface area contributed by atoms with Crippen molar-refractivity contribution in [2.45, 2.75) is 17.2 Å². The van der Waals surface area contributed by atoms with Crippen LogP contribution in [-0.2, 0) is 22.4 Å². The molecule has 1 heterocycles. The van der Waals surface area contributed by atoms with Gasteiger partial charge in [0.1, 0.15) is 10.7 Å². The normalized spacial score (nSPS) is 12.9. The summed E-state index contributed by atoms with van der Waals surface area (Å²) >= 11 is 2.73. The van der Waals surface area contributed by atoms with Crippen molar-refractivity contribution in [1.29, 1.82) is 0 Å². The number of nitrogens with zero attached hydrogens (tertiary/aromatic N) is 2. The Hall–Kier alpha value is -2.45. The third-order valence-corrected chi connectivity index (χ3v) is 5.67. The third-order valence-electron chi connectivity index (χ3n) is 4.03. The Kier molecular flexibility index (Phi) is 5.69. The van der Waals surface area contributed by atoms with Crippen molar-refractivity contribution in [3.8, 4) is 16.9 Å². The van der Waals surface area contributed by atoms with Crippen molar-refractivity contribution in [3.05, 3.63) is 64.0 Å². The zero-order valence-electron chi connectivity index (χ0n) is 14.8. The van der Waals surface area contributed by atoms with Crippen LogP contribution in [0.5, 0.6) is 0 Å². The Balaban J connectivity index is 2.27. The predicted octanol–water partition coefficient (Wildman–Crippen LogP) is 5.13. The van der Waals surface area contributed by atoms with Crippen LogP contribution >= 0.6 is 15.9 Å². The number of hydrogen-bond acceptors (Lipinski definition) is 3. The number of primary sulfonamides is 1. The van der Waals surface area contributed by atoms with E-state index in [0.29, 0.717) is 28.9 Å². The molecule has 1 aromatic heterocycles. The van der Waals surface area contributed by atoms with Gasteiger partial charge in [0, 0.05) is 16.1 Å². The fourth-order valence-corrected chi connectivity index (χ4v) is 3.74. The molecule has 0 bridgehead atoms. The van der Waals surface area contributed by atoms with E-state index in [2.05, 4.69) is 21.0 Å². The molecule has 0 aliphatic carbocycles. The highest BCUT2D eigenvalue weighted by molar-refractivity contribution is 9.10. The molecule has 0 spiro atoms. The van der Waals surface area contributed by atoms with Gasteiger partial charge in [-0.3, -0.25) is 0 Å². The van der Waals surface area contributed by atoms with E-state index in [9.17, 15) is 39.2 Å². The van der Waals surface area contributed by atoms with Gasteiger partial charge >= 0.3 is 12.4 Å². The van der Waals surface area contributed by atoms with Crippen molar-refractivity contribution in [3.63, 3.8) is 0 Å². The fourth-order valence-electron chi connectivity index (χ4n) is 2.68. The number of halogens is 8. The van der Waals surface area contributed by atoms with Crippen LogP contribution in [0.2, 0.25) is 0 Å². The fraction of sp³-hybridized carbons (Fsp3) is 0.118. The maximum absolute atomic E-state index is 14.2. The maximum Gasteiger partial charge on any atom is 0.435 e. The monoisotopic (exact) mass is 531 g/mol. The molecule has 0 saturated carbocycles. The van der Waals surface area contributed by atoms with Gasteiger partial charge in [-0.15, -0.1) is 0 Å². The molecule has 0 aliphatic rings. The van der Waals surface area contributed by atoms with Crippen LogP contribution in [0.25, 0.3) is 16.9 Å². The number of aromatic nitrogens is 2. The SMILES string of the molecule is NS(=O)(=O)c1ccc(-n2nc(C(F)(F)F)cc2-c2ccc(Br)c(C(F)(F)F)c2)cc1F. The van der Waals surface area contributed by atoms with Crippen molar-refractivity contribution >= 4 is 26.0 Å². The van der Waals surface area contributed by atoms with E-state index in [1.165, 1.54) is 0 Å². The lowest BCUT2D eigenvalue weighted by atomic mass is 10.1. The topological polar surface area (TPSA) is 78.0 Å². The van der Waals surface area contributed by atoms with Crippen LogP contribution in [0.4, 0.5) is 30.7 Å². The van der Waals surface area contributed by atoms with E-state index < -0.39 is 50.0 Å². The van der Waals surface area contributed by atoms with Crippen LogP contribution in [0, 0.1) is 5.82 Å². The van der Waals surface area contributed by atoms with Crippen molar-refractivity contribution in [1.82, 2.24) is 9.78 Å². The average Bonchev–Trinajstić information content (AvgIpc) is 3.05. The number of nitrogens with two attached hydrogens (primary N) is 1. The number of sulfonamides is 1. The molecule has 0 unspecified atom stereocenters. The number of benzene rings is 2. The Morgan fingerprint density at radius 3 is 2.10 bits per heavy atom. The van der Waals surface area contributed by atoms with Gasteiger partial charge in [0.25, 0.3) is 0 Å². The molecular formula is C17H9BrF7N3O2S. The number of rotatable bonds is 3. The molecule has 166 valence electrons. The maximum atomic E-state index is 14.2. The van der Waals surface area contributed by atoms with Crippen LogP contribution in [-0.4, -0.2) is 18.2 Å². The quantitative estimate of drug-likeness (QED) is 0.476. The minimum Gasteiger partial charge on any atom is -0.232 e. The minimum atomic E-state index is -4.96. The van der Waals surface area contributed by atoms with Gasteiger partial charge in [-0.05, 0) is 30.3 Å². The summed E-state index contributed by atoms with van der Waals surface area (Å²) in [6.07, 6.45) is -9.77. The lowest BCUT2D eigenvalue weighted by Crippen LogP contribution is -2.14. The van der Waals surface area contributed by atoms with Gasteiger partial charge in [-0.25, -0.2) is 22.6 Å².